The number of hydrogen-bond donors (Lipinski definition) is 0. The number of hydrogen-bond acceptors (Lipinski definition) is 1. The van der Waals surface area contributed by atoms with Gasteiger partial charge in [-0.15, -0.1) is 0 Å². The Hall–Kier alpha value is -1.57. The van der Waals surface area contributed by atoms with E-state index in [4.69, 9.17) is 0 Å². The van der Waals surface area contributed by atoms with Crippen molar-refractivity contribution < 1.29 is 0 Å². The second-order valence-corrected chi connectivity index (χ2v) is 2.72. The van der Waals surface area contributed by atoms with Crippen LogP contribution in [0.5, 0.6) is 0 Å². The standard InChI is InChI=1S/C11H14N2/c1-4-6-7-11(5-2)13-9-8-10(3)12-13/h4-9H,2H2,1,3H3/b6-4-,11-7+. The van der Waals surface area contributed by atoms with Crippen LogP contribution >= 0.6 is 0 Å². The van der Waals surface area contributed by atoms with Gasteiger partial charge in [0.1, 0.15) is 0 Å². The molecule has 1 aromatic rings. The van der Waals surface area contributed by atoms with Gasteiger partial charge in [-0.1, -0.05) is 18.7 Å². The Morgan fingerprint density at radius 1 is 1.62 bits per heavy atom. The molecule has 0 N–H and O–H groups in total. The average Bonchev–Trinajstić information content (AvgIpc) is 2.54. The van der Waals surface area contributed by atoms with Crippen LogP contribution in [0.25, 0.3) is 5.70 Å². The van der Waals surface area contributed by atoms with Gasteiger partial charge in [0.25, 0.3) is 0 Å². The Bertz CT molecular complexity index is 343. The molecule has 1 aromatic heterocycles. The van der Waals surface area contributed by atoms with E-state index < -0.39 is 0 Å². The molecule has 2 nitrogen and oxygen atoms in total. The number of rotatable bonds is 3. The van der Waals surface area contributed by atoms with Gasteiger partial charge in [0, 0.05) is 6.20 Å². The third-order valence-electron chi connectivity index (χ3n) is 1.66. The maximum atomic E-state index is 4.28. The van der Waals surface area contributed by atoms with Crippen LogP contribution in [-0.2, 0) is 0 Å². The molecule has 0 saturated heterocycles. The Morgan fingerprint density at radius 2 is 2.38 bits per heavy atom. The summed E-state index contributed by atoms with van der Waals surface area (Å²) in [5.74, 6) is 0. The van der Waals surface area contributed by atoms with E-state index in [1.165, 1.54) is 0 Å². The van der Waals surface area contributed by atoms with Crippen LogP contribution in [0, 0.1) is 6.92 Å². The first kappa shape index (κ1) is 9.52. The van der Waals surface area contributed by atoms with E-state index in [2.05, 4.69) is 11.7 Å². The lowest BCUT2D eigenvalue weighted by Crippen LogP contribution is -1.94. The van der Waals surface area contributed by atoms with Gasteiger partial charge in [-0.25, -0.2) is 4.68 Å². The first-order chi connectivity index (χ1) is 6.27. The number of aryl methyl sites for hydroxylation is 1. The smallest absolute Gasteiger partial charge is 0.0639 e. The van der Waals surface area contributed by atoms with Crippen LogP contribution in [-0.4, -0.2) is 9.78 Å². The molecule has 1 rings (SSSR count). The zero-order chi connectivity index (χ0) is 9.68. The fraction of sp³-hybridized carbons (Fsp3) is 0.182. The minimum absolute atomic E-state index is 0.978. The van der Waals surface area contributed by atoms with Crippen LogP contribution in [0.15, 0.2) is 43.1 Å². The summed E-state index contributed by atoms with van der Waals surface area (Å²) in [5, 5.41) is 4.28. The summed E-state index contributed by atoms with van der Waals surface area (Å²) in [6.45, 7) is 7.68. The lowest BCUT2D eigenvalue weighted by molar-refractivity contribution is 0.890. The predicted molar refractivity (Wildman–Crippen MR) is 56.2 cm³/mol. The summed E-state index contributed by atoms with van der Waals surface area (Å²) in [6.07, 6.45) is 9.62. The van der Waals surface area contributed by atoms with Gasteiger partial charge >= 0.3 is 0 Å². The molecule has 0 unspecified atom stereocenters. The van der Waals surface area contributed by atoms with E-state index in [9.17, 15) is 0 Å². The van der Waals surface area contributed by atoms with Crippen molar-refractivity contribution in [3.8, 4) is 0 Å². The molecule has 68 valence electrons. The summed E-state index contributed by atoms with van der Waals surface area (Å²) >= 11 is 0. The fourth-order valence-electron chi connectivity index (χ4n) is 0.992. The van der Waals surface area contributed by atoms with Crippen molar-refractivity contribution in [1.82, 2.24) is 9.78 Å². The molecule has 0 aliphatic rings. The van der Waals surface area contributed by atoms with Crippen molar-refractivity contribution in [2.45, 2.75) is 13.8 Å². The lowest BCUT2D eigenvalue weighted by atomic mass is 10.3. The number of aromatic nitrogens is 2. The molecular formula is C11H14N2. The number of allylic oxidation sites excluding steroid dienone is 5. The molecule has 0 bridgehead atoms. The van der Waals surface area contributed by atoms with Crippen LogP contribution in [0.2, 0.25) is 0 Å². The summed E-state index contributed by atoms with van der Waals surface area (Å²) in [5.41, 5.74) is 1.99. The molecule has 0 spiro atoms. The van der Waals surface area contributed by atoms with E-state index >= 15 is 0 Å². The van der Waals surface area contributed by atoms with E-state index in [1.807, 2.05) is 49.0 Å². The molecule has 13 heavy (non-hydrogen) atoms. The van der Waals surface area contributed by atoms with Crippen LogP contribution < -0.4 is 0 Å². The maximum absolute atomic E-state index is 4.28. The molecule has 0 amide bonds. The van der Waals surface area contributed by atoms with Crippen molar-refractivity contribution in [2.24, 2.45) is 0 Å². The largest absolute Gasteiger partial charge is 0.241 e. The van der Waals surface area contributed by atoms with Crippen molar-refractivity contribution in [1.29, 1.82) is 0 Å². The molecule has 0 fully saturated rings. The van der Waals surface area contributed by atoms with E-state index in [0.717, 1.165) is 11.4 Å². The molecule has 0 aromatic carbocycles. The molecule has 0 aliphatic heterocycles. The summed E-state index contributed by atoms with van der Waals surface area (Å²) in [7, 11) is 0. The third kappa shape index (κ3) is 2.44. The number of nitrogens with zero attached hydrogens (tertiary/aromatic N) is 2. The van der Waals surface area contributed by atoms with E-state index in [0.29, 0.717) is 0 Å². The van der Waals surface area contributed by atoms with Crippen molar-refractivity contribution >= 4 is 5.70 Å². The Kier molecular flexibility index (Phi) is 3.26. The Morgan fingerprint density at radius 3 is 2.85 bits per heavy atom. The molecule has 0 aliphatic carbocycles. The average molecular weight is 174 g/mol. The molecule has 0 atom stereocenters. The van der Waals surface area contributed by atoms with Gasteiger partial charge in [-0.3, -0.25) is 0 Å². The van der Waals surface area contributed by atoms with Crippen molar-refractivity contribution in [3.05, 3.63) is 48.8 Å². The molecule has 2 heteroatoms. The fourth-order valence-corrected chi connectivity index (χ4v) is 0.992. The molecule has 0 radical (unpaired) electrons. The van der Waals surface area contributed by atoms with E-state index in [-0.39, 0.29) is 0 Å². The molecule has 1 heterocycles. The second kappa shape index (κ2) is 4.45. The van der Waals surface area contributed by atoms with Gasteiger partial charge in [-0.2, -0.15) is 5.10 Å². The first-order valence-corrected chi connectivity index (χ1v) is 4.26. The van der Waals surface area contributed by atoms with Crippen LogP contribution in [0.1, 0.15) is 12.6 Å². The zero-order valence-electron chi connectivity index (χ0n) is 8.07. The SMILES string of the molecule is C=C/C(=C\C=C/C)n1ccc(C)n1. The van der Waals surface area contributed by atoms with Gasteiger partial charge in [-0.05, 0) is 32.1 Å². The quantitative estimate of drug-likeness (QED) is 0.644. The zero-order valence-corrected chi connectivity index (χ0v) is 8.07. The highest BCUT2D eigenvalue weighted by molar-refractivity contribution is 5.57. The Labute approximate surface area is 78.9 Å². The third-order valence-corrected chi connectivity index (χ3v) is 1.66. The van der Waals surface area contributed by atoms with Crippen LogP contribution in [0.3, 0.4) is 0 Å². The van der Waals surface area contributed by atoms with Gasteiger partial charge < -0.3 is 0 Å². The molecule has 0 saturated carbocycles. The summed E-state index contributed by atoms with van der Waals surface area (Å²) in [4.78, 5) is 0. The second-order valence-electron chi connectivity index (χ2n) is 2.72. The van der Waals surface area contributed by atoms with Gasteiger partial charge in [0.05, 0.1) is 11.4 Å². The van der Waals surface area contributed by atoms with Crippen LogP contribution in [0.4, 0.5) is 0 Å². The minimum atomic E-state index is 0.978. The lowest BCUT2D eigenvalue weighted by Gasteiger charge is -1.99. The highest BCUT2D eigenvalue weighted by Crippen LogP contribution is 2.05. The molecular weight excluding hydrogens is 160 g/mol. The predicted octanol–water partition coefficient (Wildman–Crippen LogP) is 2.79. The monoisotopic (exact) mass is 174 g/mol. The van der Waals surface area contributed by atoms with Gasteiger partial charge in [0.15, 0.2) is 0 Å². The van der Waals surface area contributed by atoms with Crippen molar-refractivity contribution in [2.75, 3.05) is 0 Å². The van der Waals surface area contributed by atoms with Gasteiger partial charge in [0.2, 0.25) is 0 Å². The van der Waals surface area contributed by atoms with E-state index in [1.54, 1.807) is 6.08 Å². The van der Waals surface area contributed by atoms with Crippen molar-refractivity contribution in [3.63, 3.8) is 0 Å². The summed E-state index contributed by atoms with van der Waals surface area (Å²) < 4.78 is 1.81. The summed E-state index contributed by atoms with van der Waals surface area (Å²) in [6, 6.07) is 1.97. The normalized spacial score (nSPS) is 12.3. The maximum Gasteiger partial charge on any atom is 0.0639 e. The topological polar surface area (TPSA) is 17.8 Å². The first-order valence-electron chi connectivity index (χ1n) is 4.26. The highest BCUT2D eigenvalue weighted by Gasteiger charge is 1.95. The Balaban J connectivity index is 2.96. The highest BCUT2D eigenvalue weighted by atomic mass is 15.3. The minimum Gasteiger partial charge on any atom is -0.241 e.